The van der Waals surface area contributed by atoms with Crippen molar-refractivity contribution >= 4 is 52.1 Å². The van der Waals surface area contributed by atoms with Crippen molar-refractivity contribution in [2.45, 2.75) is 0 Å². The number of fused-ring (bicyclic) bond motifs is 1. The molecule has 0 aliphatic rings. The number of rotatable bonds is 9. The number of hydrogen-bond donors (Lipinski definition) is 3. The summed E-state index contributed by atoms with van der Waals surface area (Å²) in [5.74, 6) is -0.0364. The van der Waals surface area contributed by atoms with E-state index in [1.54, 1.807) is 35.4 Å². The number of pyridine rings is 1. The molecule has 0 radical (unpaired) electrons. The summed E-state index contributed by atoms with van der Waals surface area (Å²) in [5.41, 5.74) is 5.98. The van der Waals surface area contributed by atoms with Gasteiger partial charge in [-0.15, -0.1) is 0 Å². The van der Waals surface area contributed by atoms with Crippen LogP contribution in [0.25, 0.3) is 28.3 Å². The Bertz CT molecular complexity index is 2020. The summed E-state index contributed by atoms with van der Waals surface area (Å²) in [5, 5.41) is 9.47. The lowest BCUT2D eigenvalue weighted by Crippen LogP contribution is -2.27. The predicted molar refractivity (Wildman–Crippen MR) is 178 cm³/mol. The molecule has 0 aliphatic carbocycles. The van der Waals surface area contributed by atoms with Crippen LogP contribution in [0.4, 0.5) is 23.0 Å². The van der Waals surface area contributed by atoms with Crippen LogP contribution >= 0.6 is 11.6 Å². The van der Waals surface area contributed by atoms with Gasteiger partial charge in [0.05, 0.1) is 34.2 Å². The summed E-state index contributed by atoms with van der Waals surface area (Å²) >= 11 is 6.25. The molecule has 0 aliphatic heterocycles. The van der Waals surface area contributed by atoms with Gasteiger partial charge in [0, 0.05) is 35.0 Å². The molecule has 10 nitrogen and oxygen atoms in total. The SMILES string of the molecule is CN(C)CC(=O)Nc1cccc(Nc2nccc(-c3c(-c4cccc(NC(=O)c5ccccc5Cl)c4)nc4ccccn34)n2)c1. The fourth-order valence-corrected chi connectivity index (χ4v) is 5.09. The number of carbonyl (C=O) groups excluding carboxylic acids is 2. The zero-order valence-corrected chi connectivity index (χ0v) is 25.3. The monoisotopic (exact) mass is 616 g/mol. The van der Waals surface area contributed by atoms with Crippen molar-refractivity contribution < 1.29 is 9.59 Å². The van der Waals surface area contributed by atoms with Gasteiger partial charge in [0.15, 0.2) is 0 Å². The molecule has 0 atom stereocenters. The van der Waals surface area contributed by atoms with E-state index in [9.17, 15) is 9.59 Å². The zero-order valence-electron chi connectivity index (χ0n) is 24.5. The Morgan fingerprint density at radius 1 is 0.822 bits per heavy atom. The number of imidazole rings is 1. The van der Waals surface area contributed by atoms with E-state index >= 15 is 0 Å². The van der Waals surface area contributed by atoms with Crippen LogP contribution in [0, 0.1) is 0 Å². The van der Waals surface area contributed by atoms with Crippen molar-refractivity contribution in [1.29, 1.82) is 0 Å². The Balaban J connectivity index is 1.31. The molecular weight excluding hydrogens is 588 g/mol. The number of anilines is 4. The van der Waals surface area contributed by atoms with Gasteiger partial charge < -0.3 is 20.9 Å². The highest BCUT2D eigenvalue weighted by atomic mass is 35.5. The van der Waals surface area contributed by atoms with E-state index in [2.05, 4.69) is 20.9 Å². The third-order valence-electron chi connectivity index (χ3n) is 6.80. The van der Waals surface area contributed by atoms with Crippen LogP contribution in [0.5, 0.6) is 0 Å². The van der Waals surface area contributed by atoms with Crippen molar-refractivity contribution in [2.24, 2.45) is 0 Å². The maximum absolute atomic E-state index is 13.0. The lowest BCUT2D eigenvalue weighted by atomic mass is 10.1. The number of hydrogen-bond acceptors (Lipinski definition) is 7. The molecule has 3 aromatic heterocycles. The minimum absolute atomic E-state index is 0.108. The topological polar surface area (TPSA) is 117 Å². The van der Waals surface area contributed by atoms with Crippen molar-refractivity contribution in [2.75, 3.05) is 36.6 Å². The number of nitrogens with one attached hydrogen (secondary N) is 3. The first kappa shape index (κ1) is 29.5. The fraction of sp³-hybridized carbons (Fsp3) is 0.0882. The van der Waals surface area contributed by atoms with Gasteiger partial charge in [-0.25, -0.2) is 15.0 Å². The second-order valence-electron chi connectivity index (χ2n) is 10.5. The fourth-order valence-electron chi connectivity index (χ4n) is 4.87. The van der Waals surface area contributed by atoms with Gasteiger partial charge in [-0.05, 0) is 74.8 Å². The molecule has 0 bridgehead atoms. The molecule has 224 valence electrons. The normalized spacial score (nSPS) is 11.0. The van der Waals surface area contributed by atoms with Crippen molar-refractivity contribution in [3.05, 3.63) is 120 Å². The Morgan fingerprint density at radius 2 is 1.58 bits per heavy atom. The maximum atomic E-state index is 13.0. The average Bonchev–Trinajstić information content (AvgIpc) is 3.41. The van der Waals surface area contributed by atoms with Crippen molar-refractivity contribution in [1.82, 2.24) is 24.3 Å². The summed E-state index contributed by atoms with van der Waals surface area (Å²) in [6.45, 7) is 0.279. The summed E-state index contributed by atoms with van der Waals surface area (Å²) in [6.07, 6.45) is 3.61. The Kier molecular flexibility index (Phi) is 8.50. The Morgan fingerprint density at radius 3 is 2.40 bits per heavy atom. The molecule has 11 heteroatoms. The van der Waals surface area contributed by atoms with Gasteiger partial charge in [-0.1, -0.05) is 48.0 Å². The number of carbonyl (C=O) groups is 2. The van der Waals surface area contributed by atoms with E-state index in [-0.39, 0.29) is 18.4 Å². The number of amides is 2. The predicted octanol–water partition coefficient (Wildman–Crippen LogP) is 6.61. The zero-order chi connectivity index (χ0) is 31.3. The molecule has 0 saturated heterocycles. The van der Waals surface area contributed by atoms with E-state index in [0.717, 1.165) is 22.6 Å². The highest BCUT2D eigenvalue weighted by Crippen LogP contribution is 2.33. The molecule has 0 spiro atoms. The number of likely N-dealkylation sites (N-methyl/N-ethyl adjacent to an activating group) is 1. The number of nitrogens with zero attached hydrogens (tertiary/aromatic N) is 5. The number of benzene rings is 3. The molecule has 3 heterocycles. The van der Waals surface area contributed by atoms with E-state index < -0.39 is 0 Å². The summed E-state index contributed by atoms with van der Waals surface area (Å²) in [7, 11) is 3.68. The Labute approximate surface area is 264 Å². The van der Waals surface area contributed by atoms with E-state index in [1.807, 2.05) is 97.5 Å². The third-order valence-corrected chi connectivity index (χ3v) is 7.13. The minimum atomic E-state index is -0.305. The molecular formula is C34H29ClN8O2. The maximum Gasteiger partial charge on any atom is 0.257 e. The molecule has 3 aromatic carbocycles. The Hall–Kier alpha value is -5.58. The van der Waals surface area contributed by atoms with Gasteiger partial charge in [-0.3, -0.25) is 14.0 Å². The van der Waals surface area contributed by atoms with Crippen LogP contribution in [0.2, 0.25) is 5.02 Å². The molecule has 0 saturated carbocycles. The molecule has 2 amide bonds. The van der Waals surface area contributed by atoms with Gasteiger partial charge in [0.1, 0.15) is 5.65 Å². The van der Waals surface area contributed by atoms with Gasteiger partial charge >= 0.3 is 0 Å². The van der Waals surface area contributed by atoms with Gasteiger partial charge in [0.2, 0.25) is 11.9 Å². The lowest BCUT2D eigenvalue weighted by molar-refractivity contribution is -0.116. The second-order valence-corrected chi connectivity index (χ2v) is 10.9. The van der Waals surface area contributed by atoms with Crippen LogP contribution in [-0.2, 0) is 4.79 Å². The van der Waals surface area contributed by atoms with Crippen LogP contribution in [-0.4, -0.2) is 56.7 Å². The summed E-state index contributed by atoms with van der Waals surface area (Å²) in [6, 6.07) is 29.4. The molecule has 45 heavy (non-hydrogen) atoms. The molecule has 0 fully saturated rings. The van der Waals surface area contributed by atoms with E-state index in [4.69, 9.17) is 21.6 Å². The molecule has 3 N–H and O–H groups in total. The van der Waals surface area contributed by atoms with E-state index in [0.29, 0.717) is 39.3 Å². The van der Waals surface area contributed by atoms with Crippen molar-refractivity contribution in [3.8, 4) is 22.6 Å². The highest BCUT2D eigenvalue weighted by Gasteiger charge is 2.19. The molecule has 6 rings (SSSR count). The van der Waals surface area contributed by atoms with Crippen LogP contribution in [0.3, 0.4) is 0 Å². The second kappa shape index (κ2) is 13.0. The number of halogens is 1. The first-order chi connectivity index (χ1) is 21.8. The third kappa shape index (κ3) is 6.82. The highest BCUT2D eigenvalue weighted by molar-refractivity contribution is 6.34. The first-order valence-electron chi connectivity index (χ1n) is 14.1. The van der Waals surface area contributed by atoms with Crippen molar-refractivity contribution in [3.63, 3.8) is 0 Å². The van der Waals surface area contributed by atoms with Gasteiger partial charge in [0.25, 0.3) is 5.91 Å². The standard InChI is InChI=1S/C34H29ClN8O2/c1-42(2)21-30(44)37-24-11-8-12-25(20-24)39-34-36-17-16-28(40-34)32-31(41-29-15-5-6-18-43(29)32)22-9-7-10-23(19-22)38-33(45)26-13-3-4-14-27(26)35/h3-20H,21H2,1-2H3,(H,37,44)(H,38,45)(H,36,39,40). The van der Waals surface area contributed by atoms with E-state index in [1.165, 1.54) is 0 Å². The quantitative estimate of drug-likeness (QED) is 0.167. The molecule has 0 unspecified atom stereocenters. The van der Waals surface area contributed by atoms with Crippen LogP contribution in [0.1, 0.15) is 10.4 Å². The smallest absolute Gasteiger partial charge is 0.257 e. The average molecular weight is 617 g/mol. The largest absolute Gasteiger partial charge is 0.325 e. The first-order valence-corrected chi connectivity index (χ1v) is 14.5. The summed E-state index contributed by atoms with van der Waals surface area (Å²) < 4.78 is 1.97. The minimum Gasteiger partial charge on any atom is -0.325 e. The lowest BCUT2D eigenvalue weighted by Gasteiger charge is -2.12. The summed E-state index contributed by atoms with van der Waals surface area (Å²) in [4.78, 5) is 41.2. The van der Waals surface area contributed by atoms with Crippen LogP contribution in [0.15, 0.2) is 109 Å². The van der Waals surface area contributed by atoms with Gasteiger partial charge in [-0.2, -0.15) is 0 Å². The molecule has 6 aromatic rings. The number of aromatic nitrogens is 4. The van der Waals surface area contributed by atoms with Crippen LogP contribution < -0.4 is 16.0 Å².